The summed E-state index contributed by atoms with van der Waals surface area (Å²) in [4.78, 5) is 32.1. The van der Waals surface area contributed by atoms with Gasteiger partial charge in [0.1, 0.15) is 5.75 Å². The van der Waals surface area contributed by atoms with Crippen LogP contribution < -0.4 is 14.5 Å². The predicted molar refractivity (Wildman–Crippen MR) is 122 cm³/mol. The quantitative estimate of drug-likeness (QED) is 0.612. The average Bonchev–Trinajstić information content (AvgIpc) is 3.12. The third-order valence-corrected chi connectivity index (χ3v) is 6.30. The number of fused-ring (bicyclic) bond motifs is 1. The summed E-state index contributed by atoms with van der Waals surface area (Å²) in [5, 5.41) is 1.95. The first kappa shape index (κ1) is 19.6. The lowest BCUT2D eigenvalue weighted by Crippen LogP contribution is -2.52. The molecule has 31 heavy (non-hydrogen) atoms. The van der Waals surface area contributed by atoms with Gasteiger partial charge in [-0.05, 0) is 23.6 Å². The van der Waals surface area contributed by atoms with E-state index in [1.165, 1.54) is 4.90 Å². The van der Waals surface area contributed by atoms with Crippen molar-refractivity contribution in [1.29, 1.82) is 0 Å². The summed E-state index contributed by atoms with van der Waals surface area (Å²) in [5.41, 5.74) is 1.80. The Morgan fingerprint density at radius 1 is 0.871 bits per heavy atom. The number of benzene rings is 3. The first-order chi connectivity index (χ1) is 15.2. The van der Waals surface area contributed by atoms with E-state index in [9.17, 15) is 9.59 Å². The van der Waals surface area contributed by atoms with Gasteiger partial charge in [-0.3, -0.25) is 14.5 Å². The molecule has 2 aliphatic heterocycles. The maximum atomic E-state index is 13.3. The van der Waals surface area contributed by atoms with Crippen LogP contribution in [-0.4, -0.2) is 56.0 Å². The molecule has 0 bridgehead atoms. The Bertz CT molecular complexity index is 1130. The number of rotatable bonds is 4. The molecule has 0 spiro atoms. The molecule has 158 valence electrons. The van der Waals surface area contributed by atoms with E-state index in [1.54, 1.807) is 7.11 Å². The van der Waals surface area contributed by atoms with Crippen LogP contribution in [-0.2, 0) is 9.59 Å². The molecule has 2 aliphatic rings. The fourth-order valence-corrected chi connectivity index (χ4v) is 4.66. The van der Waals surface area contributed by atoms with Gasteiger partial charge in [-0.25, -0.2) is 4.90 Å². The smallest absolute Gasteiger partial charge is 0.251 e. The normalized spacial score (nSPS) is 20.0. The summed E-state index contributed by atoms with van der Waals surface area (Å²) in [5.74, 6) is 0.597. The summed E-state index contributed by atoms with van der Waals surface area (Å²) >= 11 is 0. The van der Waals surface area contributed by atoms with Gasteiger partial charge in [-0.1, -0.05) is 42.5 Å². The van der Waals surface area contributed by atoms with Crippen LogP contribution in [0.1, 0.15) is 6.42 Å². The number of carbonyl (C=O) groups excluding carboxylic acids is 2. The largest absolute Gasteiger partial charge is 0.497 e. The summed E-state index contributed by atoms with van der Waals surface area (Å²) < 4.78 is 5.33. The third-order valence-electron chi connectivity index (χ3n) is 6.30. The molecule has 0 aliphatic carbocycles. The number of imide groups is 1. The lowest BCUT2D eigenvalue weighted by molar-refractivity contribution is -0.123. The highest BCUT2D eigenvalue weighted by Gasteiger charge is 2.43. The number of hydrogen-bond donors (Lipinski definition) is 0. The predicted octanol–water partition coefficient (Wildman–Crippen LogP) is 3.30. The maximum Gasteiger partial charge on any atom is 0.251 e. The van der Waals surface area contributed by atoms with Crippen molar-refractivity contribution in [1.82, 2.24) is 4.90 Å². The number of hydrogen-bond acceptors (Lipinski definition) is 5. The molecule has 5 rings (SSSR count). The van der Waals surface area contributed by atoms with Crippen LogP contribution in [0.3, 0.4) is 0 Å². The van der Waals surface area contributed by atoms with Crippen LogP contribution in [0.4, 0.5) is 11.4 Å². The summed E-state index contributed by atoms with van der Waals surface area (Å²) in [6.07, 6.45) is 0.237. The van der Waals surface area contributed by atoms with Crippen molar-refractivity contribution in [2.45, 2.75) is 12.5 Å². The molecular formula is C25H25N3O3. The highest BCUT2D eigenvalue weighted by Crippen LogP contribution is 2.32. The molecule has 6 heteroatoms. The fraction of sp³-hybridized carbons (Fsp3) is 0.280. The zero-order valence-corrected chi connectivity index (χ0v) is 17.5. The van der Waals surface area contributed by atoms with E-state index in [0.717, 1.165) is 48.4 Å². The minimum absolute atomic E-state index is 0.115. The van der Waals surface area contributed by atoms with E-state index >= 15 is 0 Å². The third kappa shape index (κ3) is 3.53. The summed E-state index contributed by atoms with van der Waals surface area (Å²) in [6, 6.07) is 21.3. The Morgan fingerprint density at radius 2 is 1.61 bits per heavy atom. The van der Waals surface area contributed by atoms with E-state index in [1.807, 2.05) is 60.7 Å². The van der Waals surface area contributed by atoms with Gasteiger partial charge >= 0.3 is 0 Å². The van der Waals surface area contributed by atoms with Gasteiger partial charge in [0.15, 0.2) is 0 Å². The molecule has 2 amide bonds. The van der Waals surface area contributed by atoms with Gasteiger partial charge in [0.05, 0.1) is 25.3 Å². The van der Waals surface area contributed by atoms with Crippen LogP contribution in [0.15, 0.2) is 66.7 Å². The van der Waals surface area contributed by atoms with E-state index < -0.39 is 0 Å². The van der Waals surface area contributed by atoms with Crippen LogP contribution in [0.2, 0.25) is 0 Å². The number of anilines is 2. The zero-order chi connectivity index (χ0) is 21.4. The van der Waals surface area contributed by atoms with Gasteiger partial charge < -0.3 is 9.64 Å². The second-order valence-corrected chi connectivity index (χ2v) is 8.01. The highest BCUT2D eigenvalue weighted by molar-refractivity contribution is 6.25. The van der Waals surface area contributed by atoms with Crippen molar-refractivity contribution in [2.75, 3.05) is 43.1 Å². The van der Waals surface area contributed by atoms with Crippen molar-refractivity contribution >= 4 is 34.0 Å². The second kappa shape index (κ2) is 8.04. The van der Waals surface area contributed by atoms with Crippen molar-refractivity contribution in [3.05, 3.63) is 66.7 Å². The number of nitrogens with zero attached hydrogens (tertiary/aromatic N) is 3. The number of carbonyl (C=O) groups is 2. The zero-order valence-electron chi connectivity index (χ0n) is 17.5. The Kier molecular flexibility index (Phi) is 5.08. The Labute approximate surface area is 181 Å². The van der Waals surface area contributed by atoms with E-state index in [4.69, 9.17) is 4.74 Å². The van der Waals surface area contributed by atoms with E-state index in [0.29, 0.717) is 5.69 Å². The molecular weight excluding hydrogens is 390 g/mol. The van der Waals surface area contributed by atoms with E-state index in [2.05, 4.69) is 15.9 Å². The van der Waals surface area contributed by atoms with Gasteiger partial charge in [0.25, 0.3) is 5.91 Å². The highest BCUT2D eigenvalue weighted by atomic mass is 16.5. The minimum Gasteiger partial charge on any atom is -0.497 e. The molecule has 3 aromatic carbocycles. The monoisotopic (exact) mass is 415 g/mol. The molecule has 0 aromatic heterocycles. The SMILES string of the molecule is COc1cccc(N2CCN(C3CC(=O)N(c4cccc5ccccc45)C3=O)CC2)c1. The topological polar surface area (TPSA) is 53.1 Å². The van der Waals surface area contributed by atoms with Crippen LogP contribution >= 0.6 is 0 Å². The first-order valence-corrected chi connectivity index (χ1v) is 10.6. The molecule has 0 radical (unpaired) electrons. The van der Waals surface area contributed by atoms with E-state index in [-0.39, 0.29) is 24.3 Å². The van der Waals surface area contributed by atoms with Gasteiger partial charge in [-0.15, -0.1) is 0 Å². The van der Waals surface area contributed by atoms with Crippen LogP contribution in [0.5, 0.6) is 5.75 Å². The molecule has 2 fully saturated rings. The Hall–Kier alpha value is -3.38. The van der Waals surface area contributed by atoms with Crippen molar-refractivity contribution in [3.8, 4) is 5.75 Å². The fourth-order valence-electron chi connectivity index (χ4n) is 4.66. The number of amides is 2. The molecule has 3 aromatic rings. The maximum absolute atomic E-state index is 13.3. The number of ether oxygens (including phenoxy) is 1. The Balaban J connectivity index is 1.32. The van der Waals surface area contributed by atoms with Gasteiger partial charge in [0.2, 0.25) is 5.91 Å². The standard InChI is InChI=1S/C25H25N3O3/c1-31-20-9-5-8-19(16-20)26-12-14-27(15-13-26)23-17-24(29)28(25(23)30)22-11-4-7-18-6-2-3-10-21(18)22/h2-11,16,23H,12-15,17H2,1H3. The molecule has 0 saturated carbocycles. The summed E-state index contributed by atoms with van der Waals surface area (Å²) in [6.45, 7) is 3.09. The molecule has 6 nitrogen and oxygen atoms in total. The first-order valence-electron chi connectivity index (χ1n) is 10.6. The lowest BCUT2D eigenvalue weighted by atomic mass is 10.1. The second-order valence-electron chi connectivity index (χ2n) is 8.01. The van der Waals surface area contributed by atoms with Gasteiger partial charge in [0, 0.05) is 43.3 Å². The van der Waals surface area contributed by atoms with Gasteiger partial charge in [-0.2, -0.15) is 0 Å². The number of piperazine rings is 1. The summed E-state index contributed by atoms with van der Waals surface area (Å²) in [7, 11) is 1.67. The molecule has 0 N–H and O–H groups in total. The molecule has 1 atom stereocenters. The average molecular weight is 415 g/mol. The van der Waals surface area contributed by atoms with Crippen LogP contribution in [0.25, 0.3) is 10.8 Å². The molecule has 1 unspecified atom stereocenters. The van der Waals surface area contributed by atoms with Crippen LogP contribution in [0, 0.1) is 0 Å². The Morgan fingerprint density at radius 3 is 2.42 bits per heavy atom. The molecule has 2 heterocycles. The molecule has 2 saturated heterocycles. The minimum atomic E-state index is -0.390. The number of methoxy groups -OCH3 is 1. The van der Waals surface area contributed by atoms with Crippen molar-refractivity contribution in [3.63, 3.8) is 0 Å². The van der Waals surface area contributed by atoms with Crippen molar-refractivity contribution < 1.29 is 14.3 Å². The van der Waals surface area contributed by atoms with Crippen molar-refractivity contribution in [2.24, 2.45) is 0 Å². The lowest BCUT2D eigenvalue weighted by Gasteiger charge is -2.38.